The summed E-state index contributed by atoms with van der Waals surface area (Å²) in [5.41, 5.74) is 8.24. The summed E-state index contributed by atoms with van der Waals surface area (Å²) >= 11 is 0. The van der Waals surface area contributed by atoms with E-state index in [2.05, 4.69) is 5.32 Å². The summed E-state index contributed by atoms with van der Waals surface area (Å²) in [5.74, 6) is -0.554. The Morgan fingerprint density at radius 1 is 1.30 bits per heavy atom. The van der Waals surface area contributed by atoms with Gasteiger partial charge in [0.2, 0.25) is 5.91 Å². The van der Waals surface area contributed by atoms with Crippen LogP contribution in [-0.4, -0.2) is 29.9 Å². The highest BCUT2D eigenvalue weighted by Gasteiger charge is 2.27. The van der Waals surface area contributed by atoms with Crippen molar-refractivity contribution < 1.29 is 9.59 Å². The first kappa shape index (κ1) is 14.4. The average Bonchev–Trinajstić information content (AvgIpc) is 2.43. The third-order valence-corrected chi connectivity index (χ3v) is 3.82. The number of benzene rings is 1. The van der Waals surface area contributed by atoms with Crippen LogP contribution >= 0.6 is 0 Å². The van der Waals surface area contributed by atoms with E-state index in [1.807, 2.05) is 32.0 Å². The number of nitrogens with zero attached hydrogens (tertiary/aromatic N) is 1. The number of primary amides is 1. The van der Waals surface area contributed by atoms with Gasteiger partial charge in [0.1, 0.15) is 0 Å². The van der Waals surface area contributed by atoms with Crippen molar-refractivity contribution in [3.8, 4) is 0 Å². The number of hydrogen-bond acceptors (Lipinski definition) is 2. The summed E-state index contributed by atoms with van der Waals surface area (Å²) in [6.07, 6.45) is 1.58. The fourth-order valence-corrected chi connectivity index (χ4v) is 2.59. The Morgan fingerprint density at radius 2 is 1.95 bits per heavy atom. The van der Waals surface area contributed by atoms with Crippen LogP contribution in [0.3, 0.4) is 0 Å². The Kier molecular flexibility index (Phi) is 4.27. The lowest BCUT2D eigenvalue weighted by Gasteiger charge is -2.31. The molecule has 0 bridgehead atoms. The fourth-order valence-electron chi connectivity index (χ4n) is 2.59. The number of likely N-dealkylation sites (tertiary alicyclic amines) is 1. The number of urea groups is 1. The maximum atomic E-state index is 12.3. The van der Waals surface area contributed by atoms with Gasteiger partial charge in [0, 0.05) is 18.8 Å². The number of carbonyl (C=O) groups excluding carboxylic acids is 2. The van der Waals surface area contributed by atoms with Crippen LogP contribution in [-0.2, 0) is 4.79 Å². The van der Waals surface area contributed by atoms with Gasteiger partial charge in [-0.25, -0.2) is 4.79 Å². The topological polar surface area (TPSA) is 75.4 Å². The third-order valence-electron chi connectivity index (χ3n) is 3.82. The first-order chi connectivity index (χ1) is 9.49. The second-order valence-corrected chi connectivity index (χ2v) is 5.38. The van der Waals surface area contributed by atoms with Crippen LogP contribution in [0.2, 0.25) is 0 Å². The van der Waals surface area contributed by atoms with Gasteiger partial charge < -0.3 is 16.0 Å². The second kappa shape index (κ2) is 5.94. The average molecular weight is 275 g/mol. The Hall–Kier alpha value is -2.04. The maximum absolute atomic E-state index is 12.3. The molecule has 0 aromatic heterocycles. The number of hydrogen-bond donors (Lipinski definition) is 2. The lowest BCUT2D eigenvalue weighted by atomic mass is 9.98. The van der Waals surface area contributed by atoms with Crippen molar-refractivity contribution >= 4 is 17.6 Å². The molecule has 1 atom stereocenters. The van der Waals surface area contributed by atoms with Gasteiger partial charge in [-0.15, -0.1) is 0 Å². The van der Waals surface area contributed by atoms with Crippen molar-refractivity contribution in [2.75, 3.05) is 18.4 Å². The number of nitrogens with two attached hydrogens (primary N) is 1. The zero-order valence-electron chi connectivity index (χ0n) is 12.0. The van der Waals surface area contributed by atoms with Crippen LogP contribution in [0.25, 0.3) is 0 Å². The Morgan fingerprint density at radius 3 is 2.55 bits per heavy atom. The van der Waals surface area contributed by atoms with Gasteiger partial charge in [0.05, 0.1) is 5.92 Å². The van der Waals surface area contributed by atoms with E-state index in [1.165, 1.54) is 0 Å². The molecule has 0 saturated carbocycles. The molecule has 1 aromatic carbocycles. The molecule has 1 aromatic rings. The molecule has 0 radical (unpaired) electrons. The minimum Gasteiger partial charge on any atom is -0.369 e. The predicted molar refractivity (Wildman–Crippen MR) is 78.4 cm³/mol. The number of aryl methyl sites for hydroxylation is 2. The van der Waals surface area contributed by atoms with Crippen LogP contribution in [0.1, 0.15) is 24.0 Å². The number of anilines is 1. The molecule has 1 aliphatic rings. The molecule has 5 heteroatoms. The van der Waals surface area contributed by atoms with Crippen molar-refractivity contribution in [3.05, 3.63) is 29.3 Å². The molecular formula is C15H21N3O2. The molecule has 1 unspecified atom stereocenters. The van der Waals surface area contributed by atoms with Crippen molar-refractivity contribution in [1.82, 2.24) is 4.90 Å². The number of rotatable bonds is 2. The highest BCUT2D eigenvalue weighted by Crippen LogP contribution is 2.22. The van der Waals surface area contributed by atoms with Gasteiger partial charge in [0.25, 0.3) is 0 Å². The normalized spacial score (nSPS) is 18.7. The van der Waals surface area contributed by atoms with E-state index in [1.54, 1.807) is 4.90 Å². The largest absolute Gasteiger partial charge is 0.369 e. The molecule has 2 rings (SSSR count). The zero-order valence-corrected chi connectivity index (χ0v) is 12.0. The van der Waals surface area contributed by atoms with Gasteiger partial charge in [-0.05, 0) is 37.8 Å². The van der Waals surface area contributed by atoms with Crippen LogP contribution in [0.15, 0.2) is 18.2 Å². The van der Waals surface area contributed by atoms with Gasteiger partial charge in [-0.2, -0.15) is 0 Å². The number of piperidine rings is 1. The summed E-state index contributed by atoms with van der Waals surface area (Å²) in [4.78, 5) is 25.2. The van der Waals surface area contributed by atoms with Gasteiger partial charge in [-0.3, -0.25) is 4.79 Å². The lowest BCUT2D eigenvalue weighted by molar-refractivity contribution is -0.123. The minimum atomic E-state index is -0.324. The van der Waals surface area contributed by atoms with E-state index < -0.39 is 0 Å². The van der Waals surface area contributed by atoms with Gasteiger partial charge >= 0.3 is 6.03 Å². The molecule has 1 aliphatic heterocycles. The molecule has 1 fully saturated rings. The first-order valence-corrected chi connectivity index (χ1v) is 6.90. The Balaban J connectivity index is 2.06. The van der Waals surface area contributed by atoms with E-state index in [4.69, 9.17) is 5.73 Å². The highest BCUT2D eigenvalue weighted by molar-refractivity contribution is 5.91. The number of nitrogens with one attached hydrogen (secondary N) is 1. The number of amides is 3. The number of carbonyl (C=O) groups is 2. The summed E-state index contributed by atoms with van der Waals surface area (Å²) in [6, 6.07) is 5.73. The van der Waals surface area contributed by atoms with Gasteiger partial charge in [-0.1, -0.05) is 18.2 Å². The molecule has 3 N–H and O–H groups in total. The Labute approximate surface area is 119 Å². The summed E-state index contributed by atoms with van der Waals surface area (Å²) < 4.78 is 0. The molecule has 5 nitrogen and oxygen atoms in total. The number of para-hydroxylation sites is 1. The first-order valence-electron chi connectivity index (χ1n) is 6.90. The Bertz CT molecular complexity index is 508. The maximum Gasteiger partial charge on any atom is 0.321 e. The summed E-state index contributed by atoms with van der Waals surface area (Å²) in [6.45, 7) is 5.00. The van der Waals surface area contributed by atoms with Crippen molar-refractivity contribution in [2.24, 2.45) is 11.7 Å². The fraction of sp³-hybridized carbons (Fsp3) is 0.467. The van der Waals surface area contributed by atoms with Crippen molar-refractivity contribution in [2.45, 2.75) is 26.7 Å². The lowest BCUT2D eigenvalue weighted by Crippen LogP contribution is -2.45. The van der Waals surface area contributed by atoms with E-state index in [0.29, 0.717) is 13.1 Å². The van der Waals surface area contributed by atoms with E-state index in [9.17, 15) is 9.59 Å². The monoisotopic (exact) mass is 275 g/mol. The molecule has 3 amide bonds. The van der Waals surface area contributed by atoms with Crippen molar-refractivity contribution in [3.63, 3.8) is 0 Å². The van der Waals surface area contributed by atoms with Crippen LogP contribution < -0.4 is 11.1 Å². The molecule has 0 spiro atoms. The van der Waals surface area contributed by atoms with E-state index >= 15 is 0 Å². The van der Waals surface area contributed by atoms with Gasteiger partial charge in [0.15, 0.2) is 0 Å². The molecule has 0 aliphatic carbocycles. The zero-order chi connectivity index (χ0) is 14.7. The van der Waals surface area contributed by atoms with E-state index in [-0.39, 0.29) is 17.9 Å². The molecule has 108 valence electrons. The van der Waals surface area contributed by atoms with Crippen LogP contribution in [0, 0.1) is 19.8 Å². The quantitative estimate of drug-likeness (QED) is 0.866. The van der Waals surface area contributed by atoms with Crippen LogP contribution in [0.5, 0.6) is 0 Å². The SMILES string of the molecule is Cc1cccc(C)c1NC(=O)N1CCCC(C(N)=O)C1. The van der Waals surface area contributed by atoms with Crippen molar-refractivity contribution in [1.29, 1.82) is 0 Å². The standard InChI is InChI=1S/C15H21N3O2/c1-10-5-3-6-11(2)13(10)17-15(20)18-8-4-7-12(9-18)14(16)19/h3,5-6,12H,4,7-9H2,1-2H3,(H2,16,19)(H,17,20). The van der Waals surface area contributed by atoms with Crippen LogP contribution in [0.4, 0.5) is 10.5 Å². The minimum absolute atomic E-state index is 0.159. The third kappa shape index (κ3) is 3.10. The second-order valence-electron chi connectivity index (χ2n) is 5.38. The highest BCUT2D eigenvalue weighted by atomic mass is 16.2. The molecule has 1 heterocycles. The molecular weight excluding hydrogens is 254 g/mol. The summed E-state index contributed by atoms with van der Waals surface area (Å²) in [5, 5.41) is 2.94. The summed E-state index contributed by atoms with van der Waals surface area (Å²) in [7, 11) is 0. The molecule has 1 saturated heterocycles. The van der Waals surface area contributed by atoms with E-state index in [0.717, 1.165) is 29.7 Å². The smallest absolute Gasteiger partial charge is 0.321 e. The predicted octanol–water partition coefficient (Wildman–Crippen LogP) is 2.03. The molecule has 20 heavy (non-hydrogen) atoms.